The van der Waals surface area contributed by atoms with Crippen LogP contribution in [0, 0.1) is 0 Å². The molecule has 0 aliphatic rings. The second-order valence-corrected chi connectivity index (χ2v) is 4.89. The number of aldehydes is 1. The van der Waals surface area contributed by atoms with Crippen LogP contribution < -0.4 is 11.6 Å². The first-order valence-electron chi connectivity index (χ1n) is 6.31. The third-order valence-electron chi connectivity index (χ3n) is 2.70. The molecule has 0 spiro atoms. The minimum Gasteiger partial charge on any atom is -0.378 e. The fraction of sp³-hybridized carbons (Fsp3) is 0.167. The van der Waals surface area contributed by atoms with Gasteiger partial charge in [-0.2, -0.15) is 18.3 Å². The van der Waals surface area contributed by atoms with Gasteiger partial charge in [-0.3, -0.25) is 4.79 Å². The van der Waals surface area contributed by atoms with E-state index in [9.17, 15) is 18.0 Å². The molecule has 0 amide bonds. The Kier molecular flexibility index (Phi) is 5.04. The maximum Gasteiger partial charge on any atom is 0.450 e. The zero-order valence-corrected chi connectivity index (χ0v) is 12.7. The summed E-state index contributed by atoms with van der Waals surface area (Å²) in [5.74, 6) is 3.94. The lowest BCUT2D eigenvalue weighted by atomic mass is 10.3. The van der Waals surface area contributed by atoms with E-state index < -0.39 is 12.0 Å². The summed E-state index contributed by atoms with van der Waals surface area (Å²) < 4.78 is 38.1. The number of aromatic nitrogens is 3. The quantitative estimate of drug-likeness (QED) is 0.272. The van der Waals surface area contributed by atoms with Gasteiger partial charge in [0.05, 0.1) is 17.3 Å². The van der Waals surface area contributed by atoms with Crippen molar-refractivity contribution >= 4 is 23.7 Å². The van der Waals surface area contributed by atoms with Crippen LogP contribution in [0.2, 0.25) is 5.02 Å². The average Bonchev–Trinajstić information content (AvgIpc) is 2.89. The summed E-state index contributed by atoms with van der Waals surface area (Å²) in [5.41, 5.74) is 5.03. The van der Waals surface area contributed by atoms with Crippen LogP contribution in [0.25, 0.3) is 5.82 Å². The second kappa shape index (κ2) is 6.84. The maximum absolute atomic E-state index is 12.3. The Labute approximate surface area is 138 Å². The highest BCUT2D eigenvalue weighted by molar-refractivity contribution is 6.32. The summed E-state index contributed by atoms with van der Waals surface area (Å²) in [7, 11) is 0. The van der Waals surface area contributed by atoms with Crippen LogP contribution in [0.5, 0.6) is 0 Å². The molecule has 4 N–H and O–H groups in total. The summed E-state index contributed by atoms with van der Waals surface area (Å²) in [5, 5.41) is 7.74. The molecule has 2 aromatic heterocycles. The highest BCUT2D eigenvalue weighted by Gasteiger charge is 2.34. The van der Waals surface area contributed by atoms with Gasteiger partial charge >= 0.3 is 6.18 Å². The number of carbonyl (C=O) groups is 1. The molecule has 0 unspecified atom stereocenters. The van der Waals surface area contributed by atoms with Gasteiger partial charge < -0.3 is 5.73 Å². The molecule has 128 valence electrons. The van der Waals surface area contributed by atoms with E-state index in [1.54, 1.807) is 12.1 Å². The molecule has 0 aromatic carbocycles. The van der Waals surface area contributed by atoms with Gasteiger partial charge in [-0.1, -0.05) is 11.6 Å². The molecule has 0 radical (unpaired) electrons. The van der Waals surface area contributed by atoms with Crippen molar-refractivity contribution in [2.24, 2.45) is 16.7 Å². The monoisotopic (exact) mass is 361 g/mol. The molecule has 0 bridgehead atoms. The lowest BCUT2D eigenvalue weighted by Gasteiger charge is -2.13. The van der Waals surface area contributed by atoms with E-state index in [-0.39, 0.29) is 28.8 Å². The Morgan fingerprint density at radius 3 is 2.79 bits per heavy atom. The first kappa shape index (κ1) is 17.7. The smallest absolute Gasteiger partial charge is 0.378 e. The normalized spacial score (nSPS) is 12.3. The van der Waals surface area contributed by atoms with Gasteiger partial charge in [0, 0.05) is 6.20 Å². The average molecular weight is 362 g/mol. The Morgan fingerprint density at radius 1 is 1.50 bits per heavy atom. The van der Waals surface area contributed by atoms with E-state index >= 15 is 0 Å². The third-order valence-corrected chi connectivity index (χ3v) is 2.99. The fourth-order valence-electron chi connectivity index (χ4n) is 1.71. The molecule has 0 fully saturated rings. The first-order valence-corrected chi connectivity index (χ1v) is 6.68. The molecule has 2 aromatic rings. The van der Waals surface area contributed by atoms with Gasteiger partial charge in [0.15, 0.2) is 12.1 Å². The van der Waals surface area contributed by atoms with Crippen molar-refractivity contribution in [2.45, 2.75) is 12.7 Å². The molecule has 0 saturated carbocycles. The molecule has 24 heavy (non-hydrogen) atoms. The van der Waals surface area contributed by atoms with Crippen LogP contribution in [0.1, 0.15) is 16.2 Å². The number of nitrogens with two attached hydrogens (primary N) is 2. The molecule has 8 nitrogen and oxygen atoms in total. The van der Waals surface area contributed by atoms with Crippen molar-refractivity contribution in [1.29, 1.82) is 0 Å². The van der Waals surface area contributed by atoms with Gasteiger partial charge in [0.25, 0.3) is 0 Å². The van der Waals surface area contributed by atoms with Crippen molar-refractivity contribution in [3.8, 4) is 5.82 Å². The number of halogens is 4. The van der Waals surface area contributed by atoms with E-state index in [2.05, 4.69) is 15.2 Å². The van der Waals surface area contributed by atoms with Crippen molar-refractivity contribution in [3.63, 3.8) is 0 Å². The highest BCUT2D eigenvalue weighted by atomic mass is 35.5. The minimum atomic E-state index is -4.80. The van der Waals surface area contributed by atoms with E-state index in [0.29, 0.717) is 11.4 Å². The van der Waals surface area contributed by atoms with Crippen molar-refractivity contribution in [2.75, 3.05) is 0 Å². The lowest BCUT2D eigenvalue weighted by Crippen LogP contribution is -2.36. The largest absolute Gasteiger partial charge is 0.450 e. The van der Waals surface area contributed by atoms with Gasteiger partial charge in [-0.15, -0.1) is 5.10 Å². The zero-order chi connectivity index (χ0) is 17.9. The van der Waals surface area contributed by atoms with Gasteiger partial charge in [0.1, 0.15) is 5.69 Å². The van der Waals surface area contributed by atoms with E-state index in [1.807, 2.05) is 0 Å². The zero-order valence-electron chi connectivity index (χ0n) is 11.9. The molecule has 0 aliphatic heterocycles. The minimum absolute atomic E-state index is 0.0896. The predicted octanol–water partition coefficient (Wildman–Crippen LogP) is 1.24. The van der Waals surface area contributed by atoms with E-state index in [4.69, 9.17) is 23.2 Å². The number of nitrogens with zero attached hydrogens (tertiary/aromatic N) is 5. The Bertz CT molecular complexity index is 774. The van der Waals surface area contributed by atoms with Crippen LogP contribution in [-0.4, -0.2) is 38.2 Å². The van der Waals surface area contributed by atoms with Crippen molar-refractivity contribution in [1.82, 2.24) is 19.9 Å². The van der Waals surface area contributed by atoms with E-state index in [0.717, 1.165) is 4.68 Å². The molecule has 0 saturated heterocycles. The molecular formula is C12H11ClF3N7O. The molecule has 0 aliphatic carbocycles. The Balaban J connectivity index is 2.28. The molecular weight excluding hydrogens is 351 g/mol. The van der Waals surface area contributed by atoms with E-state index in [1.165, 1.54) is 12.3 Å². The molecule has 2 rings (SSSR count). The number of hydrazine groups is 1. The topological polar surface area (TPSA) is 115 Å². The number of hydrazone groups is 1. The summed E-state index contributed by atoms with van der Waals surface area (Å²) in [6.45, 7) is -0.324. The van der Waals surface area contributed by atoms with Gasteiger partial charge in [-0.25, -0.2) is 20.6 Å². The number of carbonyl (C=O) groups excluding carboxylic acids is 1. The van der Waals surface area contributed by atoms with Gasteiger partial charge in [0.2, 0.25) is 5.84 Å². The standard InChI is InChI=1S/C12H11ClF3N7O/c13-9-2-1-3-19-10(9)23-8(6-24)4-7(20-23)5-22(18)21-11(17)12(14,15)16/h1-4,6H,5,18H2,(H2,17,21). The summed E-state index contributed by atoms with van der Waals surface area (Å²) in [6.07, 6.45) is -2.86. The van der Waals surface area contributed by atoms with Crippen LogP contribution in [0.15, 0.2) is 29.5 Å². The first-order chi connectivity index (χ1) is 11.2. The van der Waals surface area contributed by atoms with Crippen LogP contribution in [0.3, 0.4) is 0 Å². The number of pyridine rings is 1. The predicted molar refractivity (Wildman–Crippen MR) is 79.2 cm³/mol. The number of amidine groups is 1. The summed E-state index contributed by atoms with van der Waals surface area (Å²) in [6, 6.07) is 4.45. The van der Waals surface area contributed by atoms with Crippen LogP contribution in [-0.2, 0) is 6.54 Å². The fourth-order valence-corrected chi connectivity index (χ4v) is 1.91. The van der Waals surface area contributed by atoms with Crippen molar-refractivity contribution < 1.29 is 18.0 Å². The molecule has 2 heterocycles. The van der Waals surface area contributed by atoms with Crippen LogP contribution in [0.4, 0.5) is 13.2 Å². The Morgan fingerprint density at radius 2 is 2.21 bits per heavy atom. The lowest BCUT2D eigenvalue weighted by molar-refractivity contribution is -0.0615. The number of rotatable bonds is 5. The Hall–Kier alpha value is -2.66. The molecule has 0 atom stereocenters. The van der Waals surface area contributed by atoms with Crippen molar-refractivity contribution in [3.05, 3.63) is 40.8 Å². The van der Waals surface area contributed by atoms with Gasteiger partial charge in [-0.05, 0) is 18.2 Å². The highest BCUT2D eigenvalue weighted by Crippen LogP contribution is 2.19. The summed E-state index contributed by atoms with van der Waals surface area (Å²) >= 11 is 5.98. The number of alkyl halides is 3. The maximum atomic E-state index is 12.3. The summed E-state index contributed by atoms with van der Waals surface area (Å²) in [4.78, 5) is 15.1. The SMILES string of the molecule is N/C(=N\N(N)Cc1cc(C=O)n(-c2ncccc2Cl)n1)C(F)(F)F. The number of hydrogen-bond acceptors (Lipinski definition) is 6. The third kappa shape index (κ3) is 4.00. The molecule has 12 heteroatoms. The second-order valence-electron chi connectivity index (χ2n) is 4.48. The van der Waals surface area contributed by atoms with Crippen LogP contribution >= 0.6 is 11.6 Å². The number of hydrogen-bond donors (Lipinski definition) is 2.